The van der Waals surface area contributed by atoms with Gasteiger partial charge >= 0.3 is 0 Å². The van der Waals surface area contributed by atoms with Gasteiger partial charge in [0, 0.05) is 25.2 Å². The summed E-state index contributed by atoms with van der Waals surface area (Å²) in [7, 11) is 0. The number of aromatic nitrogens is 5. The molecule has 1 aromatic carbocycles. The van der Waals surface area contributed by atoms with Gasteiger partial charge in [-0.2, -0.15) is 4.98 Å². The number of benzene rings is 1. The number of hydrogen-bond donors (Lipinski definition) is 0. The maximum Gasteiger partial charge on any atom is 0.237 e. The highest BCUT2D eigenvalue weighted by Crippen LogP contribution is 2.27. The fourth-order valence-electron chi connectivity index (χ4n) is 3.25. The number of rotatable bonds is 7. The van der Waals surface area contributed by atoms with Crippen LogP contribution in [0.4, 0.5) is 5.95 Å². The maximum atomic E-state index is 5.47. The summed E-state index contributed by atoms with van der Waals surface area (Å²) in [5.74, 6) is 3.15. The van der Waals surface area contributed by atoms with Crippen molar-refractivity contribution < 1.29 is 9.26 Å². The molecule has 1 aliphatic rings. The van der Waals surface area contributed by atoms with Gasteiger partial charge in [0.15, 0.2) is 5.16 Å². The van der Waals surface area contributed by atoms with E-state index in [1.807, 2.05) is 25.1 Å². The van der Waals surface area contributed by atoms with Crippen molar-refractivity contribution in [2.75, 3.05) is 31.2 Å². The van der Waals surface area contributed by atoms with E-state index in [1.54, 1.807) is 11.8 Å². The van der Waals surface area contributed by atoms with Gasteiger partial charge in [-0.1, -0.05) is 54.5 Å². The molecule has 0 saturated carbocycles. The lowest BCUT2D eigenvalue weighted by Gasteiger charge is -2.28. The molecule has 0 aliphatic carbocycles. The van der Waals surface area contributed by atoms with Gasteiger partial charge in [0.05, 0.1) is 19.0 Å². The Kier molecular flexibility index (Phi) is 6.15. The molecule has 3 aromatic rings. The molecule has 2 aromatic heterocycles. The van der Waals surface area contributed by atoms with Crippen LogP contribution in [-0.2, 0) is 17.0 Å². The van der Waals surface area contributed by atoms with Crippen LogP contribution in [0.15, 0.2) is 33.9 Å². The lowest BCUT2D eigenvalue weighted by Crippen LogP contribution is -2.38. The van der Waals surface area contributed by atoms with Gasteiger partial charge in [0.25, 0.3) is 0 Å². The summed E-state index contributed by atoms with van der Waals surface area (Å²) in [5.41, 5.74) is 2.13. The zero-order valence-electron chi connectivity index (χ0n) is 17.0. The van der Waals surface area contributed by atoms with Gasteiger partial charge in [-0.3, -0.25) is 4.57 Å². The molecular formula is C20H26N6O2S. The topological polar surface area (TPSA) is 82.1 Å². The normalized spacial score (nSPS) is 14.7. The van der Waals surface area contributed by atoms with E-state index < -0.39 is 0 Å². The third kappa shape index (κ3) is 4.79. The van der Waals surface area contributed by atoms with Crippen molar-refractivity contribution in [3.63, 3.8) is 0 Å². The quantitative estimate of drug-likeness (QED) is 0.544. The Hall–Kier alpha value is -2.39. The number of aryl methyl sites for hydroxylation is 1. The van der Waals surface area contributed by atoms with Crippen LogP contribution < -0.4 is 4.90 Å². The van der Waals surface area contributed by atoms with Gasteiger partial charge in [-0.05, 0) is 18.9 Å². The van der Waals surface area contributed by atoms with Crippen LogP contribution in [0, 0.1) is 12.8 Å². The van der Waals surface area contributed by atoms with Crippen LogP contribution in [0.1, 0.15) is 25.3 Å². The summed E-state index contributed by atoms with van der Waals surface area (Å²) in [4.78, 5) is 6.78. The largest absolute Gasteiger partial charge is 0.378 e. The van der Waals surface area contributed by atoms with Crippen molar-refractivity contribution in [3.8, 4) is 11.4 Å². The van der Waals surface area contributed by atoms with Crippen molar-refractivity contribution in [2.45, 2.75) is 38.2 Å². The van der Waals surface area contributed by atoms with Crippen LogP contribution in [0.25, 0.3) is 11.4 Å². The molecule has 0 bridgehead atoms. The molecule has 0 radical (unpaired) electrons. The van der Waals surface area contributed by atoms with E-state index in [0.717, 1.165) is 49.5 Å². The van der Waals surface area contributed by atoms with Gasteiger partial charge in [-0.25, -0.2) is 0 Å². The second kappa shape index (κ2) is 8.96. The Morgan fingerprint density at radius 2 is 2.00 bits per heavy atom. The van der Waals surface area contributed by atoms with E-state index in [4.69, 9.17) is 9.26 Å². The summed E-state index contributed by atoms with van der Waals surface area (Å²) < 4.78 is 13.1. The monoisotopic (exact) mass is 414 g/mol. The molecule has 1 aliphatic heterocycles. The second-order valence-electron chi connectivity index (χ2n) is 7.56. The number of hydrogen-bond acceptors (Lipinski definition) is 8. The summed E-state index contributed by atoms with van der Waals surface area (Å²) in [6.45, 7) is 10.4. The Labute approximate surface area is 174 Å². The third-order valence-electron chi connectivity index (χ3n) is 4.61. The number of morpholine rings is 1. The first-order chi connectivity index (χ1) is 14.1. The smallest absolute Gasteiger partial charge is 0.237 e. The van der Waals surface area contributed by atoms with Gasteiger partial charge in [-0.15, -0.1) is 10.2 Å². The van der Waals surface area contributed by atoms with E-state index in [9.17, 15) is 0 Å². The first kappa shape index (κ1) is 19.9. The molecule has 3 heterocycles. The predicted octanol–water partition coefficient (Wildman–Crippen LogP) is 3.42. The average Bonchev–Trinajstić information content (AvgIpc) is 3.34. The Morgan fingerprint density at radius 1 is 1.17 bits per heavy atom. The van der Waals surface area contributed by atoms with E-state index in [1.165, 1.54) is 5.56 Å². The minimum absolute atomic E-state index is 0.487. The highest BCUT2D eigenvalue weighted by atomic mass is 32.2. The zero-order chi connectivity index (χ0) is 20.2. The van der Waals surface area contributed by atoms with Crippen LogP contribution in [-0.4, -0.2) is 51.2 Å². The molecule has 9 heteroatoms. The molecule has 0 unspecified atom stereocenters. The Morgan fingerprint density at radius 3 is 2.76 bits per heavy atom. The summed E-state index contributed by atoms with van der Waals surface area (Å²) in [5, 5.41) is 13.9. The minimum atomic E-state index is 0.487. The first-order valence-electron chi connectivity index (χ1n) is 9.88. The summed E-state index contributed by atoms with van der Waals surface area (Å²) in [6.07, 6.45) is 0. The number of thioether (sulfide) groups is 1. The molecule has 8 nitrogen and oxygen atoms in total. The van der Waals surface area contributed by atoms with E-state index in [0.29, 0.717) is 23.4 Å². The fraction of sp³-hybridized carbons (Fsp3) is 0.500. The van der Waals surface area contributed by atoms with E-state index >= 15 is 0 Å². The molecule has 4 rings (SSSR count). The fourth-order valence-corrected chi connectivity index (χ4v) is 4.03. The summed E-state index contributed by atoms with van der Waals surface area (Å²) in [6, 6.07) is 8.09. The predicted molar refractivity (Wildman–Crippen MR) is 112 cm³/mol. The van der Waals surface area contributed by atoms with Gasteiger partial charge in [0.1, 0.15) is 0 Å². The standard InChI is InChI=1S/C20H26N6O2S/c1-14(2)12-26-19(25-7-9-27-10-8-25)22-23-20(26)29-13-17-21-18(24-28-17)16-6-4-5-15(3)11-16/h4-6,11,14H,7-10,12-13H2,1-3H3. The molecular weight excluding hydrogens is 388 g/mol. The van der Waals surface area contributed by atoms with Crippen molar-refractivity contribution >= 4 is 17.7 Å². The lowest BCUT2D eigenvalue weighted by molar-refractivity contribution is 0.121. The van der Waals surface area contributed by atoms with Gasteiger partial charge < -0.3 is 14.2 Å². The Bertz CT molecular complexity index is 948. The van der Waals surface area contributed by atoms with E-state index in [-0.39, 0.29) is 0 Å². The van der Waals surface area contributed by atoms with Crippen molar-refractivity contribution in [1.82, 2.24) is 24.9 Å². The molecule has 29 heavy (non-hydrogen) atoms. The first-order valence-corrected chi connectivity index (χ1v) is 10.9. The van der Waals surface area contributed by atoms with Crippen LogP contribution >= 0.6 is 11.8 Å². The molecule has 0 atom stereocenters. The molecule has 0 amide bonds. The number of ether oxygens (including phenoxy) is 1. The number of nitrogens with zero attached hydrogens (tertiary/aromatic N) is 6. The second-order valence-corrected chi connectivity index (χ2v) is 8.50. The van der Waals surface area contributed by atoms with Crippen LogP contribution in [0.5, 0.6) is 0 Å². The molecule has 154 valence electrons. The lowest BCUT2D eigenvalue weighted by atomic mass is 10.1. The van der Waals surface area contributed by atoms with E-state index in [2.05, 4.69) is 49.7 Å². The number of anilines is 1. The zero-order valence-corrected chi connectivity index (χ0v) is 17.9. The van der Waals surface area contributed by atoms with Crippen LogP contribution in [0.2, 0.25) is 0 Å². The van der Waals surface area contributed by atoms with Crippen molar-refractivity contribution in [1.29, 1.82) is 0 Å². The summed E-state index contributed by atoms with van der Waals surface area (Å²) >= 11 is 1.57. The molecule has 1 saturated heterocycles. The maximum absolute atomic E-state index is 5.47. The Balaban J connectivity index is 1.48. The van der Waals surface area contributed by atoms with Crippen molar-refractivity contribution in [2.24, 2.45) is 5.92 Å². The SMILES string of the molecule is Cc1cccc(-c2noc(CSc3nnc(N4CCOCC4)n3CC(C)C)n2)c1. The van der Waals surface area contributed by atoms with Gasteiger partial charge in [0.2, 0.25) is 17.7 Å². The van der Waals surface area contributed by atoms with Crippen molar-refractivity contribution in [3.05, 3.63) is 35.7 Å². The minimum Gasteiger partial charge on any atom is -0.378 e. The molecule has 0 N–H and O–H groups in total. The highest BCUT2D eigenvalue weighted by Gasteiger charge is 2.22. The highest BCUT2D eigenvalue weighted by molar-refractivity contribution is 7.98. The van der Waals surface area contributed by atoms with Crippen LogP contribution in [0.3, 0.4) is 0 Å². The molecule has 1 fully saturated rings. The average molecular weight is 415 g/mol. The third-order valence-corrected chi connectivity index (χ3v) is 5.56. The molecule has 0 spiro atoms.